The molecule has 0 bridgehead atoms. The van der Waals surface area contributed by atoms with Gasteiger partial charge in [-0.2, -0.15) is 5.10 Å². The molecule has 1 fully saturated rings. The molecule has 1 aliphatic heterocycles. The van der Waals surface area contributed by atoms with Crippen molar-refractivity contribution in [1.29, 1.82) is 0 Å². The normalized spacial score (nSPS) is 15.2. The second-order valence-electron chi connectivity index (χ2n) is 7.75. The molecule has 1 aliphatic rings. The lowest BCUT2D eigenvalue weighted by Gasteiger charge is -2.22. The molecule has 0 radical (unpaired) electrons. The van der Waals surface area contributed by atoms with Crippen molar-refractivity contribution in [3.8, 4) is 22.6 Å². The Balaban J connectivity index is 1.47. The molecule has 1 saturated heterocycles. The molecule has 0 atom stereocenters. The van der Waals surface area contributed by atoms with Gasteiger partial charge in [0.2, 0.25) is 0 Å². The first-order valence-electron chi connectivity index (χ1n) is 10.3. The fourth-order valence-corrected chi connectivity index (χ4v) is 4.33. The quantitative estimate of drug-likeness (QED) is 0.429. The Labute approximate surface area is 173 Å². The predicted octanol–water partition coefficient (Wildman–Crippen LogP) is 4.03. The number of fused-ring (bicyclic) bond motifs is 2. The maximum absolute atomic E-state index is 5.00. The molecule has 0 amide bonds. The van der Waals surface area contributed by atoms with Crippen molar-refractivity contribution in [2.45, 2.75) is 18.8 Å². The monoisotopic (exact) mass is 395 g/mol. The van der Waals surface area contributed by atoms with Gasteiger partial charge in [-0.25, -0.2) is 9.97 Å². The van der Waals surface area contributed by atoms with Crippen LogP contribution in [0.25, 0.3) is 44.7 Å². The highest BCUT2D eigenvalue weighted by molar-refractivity contribution is 5.95. The largest absolute Gasteiger partial charge is 0.336 e. The first-order chi connectivity index (χ1) is 14.9. The number of piperidine rings is 1. The van der Waals surface area contributed by atoms with Gasteiger partial charge in [-0.15, -0.1) is 0 Å². The van der Waals surface area contributed by atoms with Gasteiger partial charge in [0.15, 0.2) is 11.5 Å². The van der Waals surface area contributed by atoms with E-state index >= 15 is 0 Å². The van der Waals surface area contributed by atoms with Gasteiger partial charge < -0.3 is 10.3 Å². The van der Waals surface area contributed by atoms with Crippen molar-refractivity contribution in [3.63, 3.8) is 0 Å². The van der Waals surface area contributed by atoms with E-state index in [2.05, 4.69) is 43.7 Å². The number of rotatable bonds is 3. The smallest absolute Gasteiger partial charge is 0.161 e. The maximum Gasteiger partial charge on any atom is 0.161 e. The van der Waals surface area contributed by atoms with E-state index in [9.17, 15) is 0 Å². The van der Waals surface area contributed by atoms with Crippen LogP contribution in [0.2, 0.25) is 0 Å². The Kier molecular flexibility index (Phi) is 4.06. The highest BCUT2D eigenvalue weighted by Gasteiger charge is 2.20. The summed E-state index contributed by atoms with van der Waals surface area (Å²) in [4.78, 5) is 17.5. The van der Waals surface area contributed by atoms with Crippen LogP contribution in [-0.4, -0.2) is 43.2 Å². The van der Waals surface area contributed by atoms with Crippen molar-refractivity contribution in [1.82, 2.24) is 35.5 Å². The Morgan fingerprint density at radius 2 is 1.70 bits per heavy atom. The number of hydrogen-bond acceptors (Lipinski definition) is 5. The van der Waals surface area contributed by atoms with Crippen LogP contribution in [0.3, 0.4) is 0 Å². The average molecular weight is 395 g/mol. The van der Waals surface area contributed by atoms with E-state index in [0.29, 0.717) is 5.92 Å². The molecule has 5 heterocycles. The number of aromatic nitrogens is 6. The number of nitrogens with zero attached hydrogens (tertiary/aromatic N) is 4. The number of benzene rings is 1. The van der Waals surface area contributed by atoms with Crippen molar-refractivity contribution in [3.05, 3.63) is 60.6 Å². The number of H-pyrrole nitrogens is 2. The Hall–Kier alpha value is -3.58. The third-order valence-electron chi connectivity index (χ3n) is 5.92. The summed E-state index contributed by atoms with van der Waals surface area (Å²) in [6.45, 7) is 2.09. The van der Waals surface area contributed by atoms with Crippen LogP contribution in [0.5, 0.6) is 0 Å². The number of aromatic amines is 2. The molecule has 7 heteroatoms. The second kappa shape index (κ2) is 7.03. The molecule has 0 spiro atoms. The minimum atomic E-state index is 0.493. The molecule has 5 aromatic rings. The van der Waals surface area contributed by atoms with Crippen molar-refractivity contribution < 1.29 is 0 Å². The summed E-state index contributed by atoms with van der Waals surface area (Å²) in [6.07, 6.45) is 5.83. The summed E-state index contributed by atoms with van der Waals surface area (Å²) in [5.41, 5.74) is 7.76. The molecule has 6 rings (SSSR count). The van der Waals surface area contributed by atoms with Gasteiger partial charge in [-0.3, -0.25) is 10.1 Å². The molecular formula is C23H21N7. The molecule has 3 N–H and O–H groups in total. The van der Waals surface area contributed by atoms with Gasteiger partial charge in [0.05, 0.1) is 16.6 Å². The van der Waals surface area contributed by atoms with E-state index in [1.54, 1.807) is 12.4 Å². The predicted molar refractivity (Wildman–Crippen MR) is 117 cm³/mol. The topological polar surface area (TPSA) is 95.2 Å². The van der Waals surface area contributed by atoms with Crippen molar-refractivity contribution in [2.24, 2.45) is 0 Å². The lowest BCUT2D eigenvalue weighted by Crippen LogP contribution is -2.27. The van der Waals surface area contributed by atoms with Crippen molar-refractivity contribution >= 4 is 22.1 Å². The zero-order valence-electron chi connectivity index (χ0n) is 16.4. The lowest BCUT2D eigenvalue weighted by molar-refractivity contribution is 0.454. The Morgan fingerprint density at radius 1 is 0.833 bits per heavy atom. The fourth-order valence-electron chi connectivity index (χ4n) is 4.33. The van der Waals surface area contributed by atoms with Crippen LogP contribution in [0.4, 0.5) is 0 Å². The van der Waals surface area contributed by atoms with E-state index in [4.69, 9.17) is 9.97 Å². The third kappa shape index (κ3) is 2.86. The zero-order chi connectivity index (χ0) is 19.9. The van der Waals surface area contributed by atoms with E-state index in [1.807, 2.05) is 24.3 Å². The maximum atomic E-state index is 5.00. The molecule has 0 aliphatic carbocycles. The standard InChI is InChI=1S/C23H21N7/c1-2-16(14-6-10-24-11-7-14)20-18(3-1)27-23(28-20)22-21-19(29-30-22)5-4-17(26-21)15-8-12-25-13-9-15/h1-7,10-11,15,25H,8-9,12-13H2,(H,27,28)(H,29,30). The van der Waals surface area contributed by atoms with E-state index in [-0.39, 0.29) is 0 Å². The highest BCUT2D eigenvalue weighted by Crippen LogP contribution is 2.32. The number of nitrogens with one attached hydrogen (secondary N) is 3. The average Bonchev–Trinajstić information content (AvgIpc) is 3.43. The molecule has 148 valence electrons. The molecule has 4 aromatic heterocycles. The molecule has 30 heavy (non-hydrogen) atoms. The SMILES string of the molecule is c1cc(-c2ccncc2)c2nc(-c3n[nH]c4ccc(C5CCNCC5)nc34)[nH]c2c1. The lowest BCUT2D eigenvalue weighted by atomic mass is 9.94. The minimum absolute atomic E-state index is 0.493. The summed E-state index contributed by atoms with van der Waals surface area (Å²) in [5, 5.41) is 11.1. The van der Waals surface area contributed by atoms with Crippen LogP contribution in [0.1, 0.15) is 24.5 Å². The van der Waals surface area contributed by atoms with E-state index in [0.717, 1.165) is 76.3 Å². The second-order valence-corrected chi connectivity index (χ2v) is 7.75. The minimum Gasteiger partial charge on any atom is -0.336 e. The molecular weight excluding hydrogens is 374 g/mol. The van der Waals surface area contributed by atoms with Crippen LogP contribution in [0.15, 0.2) is 54.9 Å². The van der Waals surface area contributed by atoms with E-state index in [1.165, 1.54) is 0 Å². The van der Waals surface area contributed by atoms with Gasteiger partial charge >= 0.3 is 0 Å². The van der Waals surface area contributed by atoms with Crippen molar-refractivity contribution in [2.75, 3.05) is 13.1 Å². The van der Waals surface area contributed by atoms with Crippen LogP contribution in [-0.2, 0) is 0 Å². The first kappa shape index (κ1) is 17.3. The third-order valence-corrected chi connectivity index (χ3v) is 5.92. The summed E-state index contributed by atoms with van der Waals surface area (Å²) in [7, 11) is 0. The van der Waals surface area contributed by atoms with Gasteiger partial charge in [0, 0.05) is 29.6 Å². The molecule has 1 aromatic carbocycles. The zero-order valence-corrected chi connectivity index (χ0v) is 16.4. The molecule has 0 unspecified atom stereocenters. The number of imidazole rings is 1. The van der Waals surface area contributed by atoms with Crippen LogP contribution >= 0.6 is 0 Å². The first-order valence-corrected chi connectivity index (χ1v) is 10.3. The van der Waals surface area contributed by atoms with Gasteiger partial charge in [0.25, 0.3) is 0 Å². The van der Waals surface area contributed by atoms with E-state index < -0.39 is 0 Å². The number of para-hydroxylation sites is 1. The molecule has 0 saturated carbocycles. The van der Waals surface area contributed by atoms with Gasteiger partial charge in [0.1, 0.15) is 5.52 Å². The Morgan fingerprint density at radius 3 is 2.57 bits per heavy atom. The van der Waals surface area contributed by atoms with Crippen LogP contribution < -0.4 is 5.32 Å². The molecule has 7 nitrogen and oxygen atoms in total. The Bertz CT molecular complexity index is 1330. The van der Waals surface area contributed by atoms with Crippen LogP contribution in [0, 0.1) is 0 Å². The fraction of sp³-hybridized carbons (Fsp3) is 0.217. The summed E-state index contributed by atoms with van der Waals surface area (Å²) in [5.74, 6) is 1.22. The van der Waals surface area contributed by atoms with Gasteiger partial charge in [-0.1, -0.05) is 12.1 Å². The summed E-state index contributed by atoms with van der Waals surface area (Å²) < 4.78 is 0. The summed E-state index contributed by atoms with van der Waals surface area (Å²) in [6, 6.07) is 14.4. The number of hydrogen-bond donors (Lipinski definition) is 3. The van der Waals surface area contributed by atoms with Gasteiger partial charge in [-0.05, 0) is 61.8 Å². The summed E-state index contributed by atoms with van der Waals surface area (Å²) >= 11 is 0. The number of pyridine rings is 2. The highest BCUT2D eigenvalue weighted by atomic mass is 15.1.